The first kappa shape index (κ1) is 26.9. The number of carbonyl (C=O) groups is 1. The maximum atomic E-state index is 14.2. The number of hydrogen-bond acceptors (Lipinski definition) is 5. The highest BCUT2D eigenvalue weighted by atomic mass is 35.5. The van der Waals surface area contributed by atoms with Gasteiger partial charge in [0.25, 0.3) is 0 Å². The highest BCUT2D eigenvalue weighted by Gasteiger charge is 2.23. The first-order valence-electron chi connectivity index (χ1n) is 11.4. The van der Waals surface area contributed by atoms with Gasteiger partial charge in [0.2, 0.25) is 0 Å². The highest BCUT2D eigenvalue weighted by Crippen LogP contribution is 2.32. The second-order valence-corrected chi connectivity index (χ2v) is 9.19. The highest BCUT2D eigenvalue weighted by molar-refractivity contribution is 6.32. The van der Waals surface area contributed by atoms with Crippen LogP contribution in [0.5, 0.6) is 17.5 Å². The van der Waals surface area contributed by atoms with E-state index in [1.54, 1.807) is 18.2 Å². The van der Waals surface area contributed by atoms with Gasteiger partial charge in [-0.05, 0) is 55.3 Å². The van der Waals surface area contributed by atoms with Crippen molar-refractivity contribution >= 4 is 29.0 Å². The number of carbonyl (C=O) groups excluding carboxylic acids is 1. The van der Waals surface area contributed by atoms with E-state index in [1.807, 2.05) is 13.0 Å². The van der Waals surface area contributed by atoms with Gasteiger partial charge in [0.15, 0.2) is 11.8 Å². The van der Waals surface area contributed by atoms with E-state index in [4.69, 9.17) is 27.9 Å². The summed E-state index contributed by atoms with van der Waals surface area (Å²) in [4.78, 5) is 14.2. The van der Waals surface area contributed by atoms with Crippen LogP contribution in [0.1, 0.15) is 43.9 Å². The number of nitrogens with zero attached hydrogens (tertiary/aromatic N) is 2. The van der Waals surface area contributed by atoms with E-state index in [1.165, 1.54) is 35.8 Å². The van der Waals surface area contributed by atoms with Crippen molar-refractivity contribution < 1.29 is 24.1 Å². The second kappa shape index (κ2) is 12.3. The Morgan fingerprint density at radius 2 is 1.80 bits per heavy atom. The third-order valence-electron chi connectivity index (χ3n) is 5.65. The third kappa shape index (κ3) is 7.13. The summed E-state index contributed by atoms with van der Waals surface area (Å²) in [5.41, 5.74) is 1.61. The molecule has 2 N–H and O–H groups in total. The maximum absolute atomic E-state index is 14.2. The molecule has 188 valence electrons. The van der Waals surface area contributed by atoms with Gasteiger partial charge in [-0.2, -0.15) is 0 Å². The summed E-state index contributed by atoms with van der Waals surface area (Å²) in [5.74, 6) is -0.134. The number of aromatic nitrogens is 1. The fourth-order valence-corrected chi connectivity index (χ4v) is 4.37. The van der Waals surface area contributed by atoms with E-state index in [0.29, 0.717) is 29.4 Å². The van der Waals surface area contributed by atoms with Gasteiger partial charge in [0, 0.05) is 31.1 Å². The standard InChI is InChI=1S/C26H29Cl2FN2O4/c1-3-10-30(23(13-17(2)32)19-5-6-20(27)22(29)15-19)16-18-4-7-24(21(28)14-18)35-12-11-31-25(33)8-9-26(31)34/h4-9,14-15,23,33-34H,3,10-13,16H2,1-2H3. The molecule has 6 nitrogen and oxygen atoms in total. The first-order valence-corrected chi connectivity index (χ1v) is 12.1. The topological polar surface area (TPSA) is 74.9 Å². The Labute approximate surface area is 214 Å². The van der Waals surface area contributed by atoms with Gasteiger partial charge in [0.05, 0.1) is 16.6 Å². The summed E-state index contributed by atoms with van der Waals surface area (Å²) in [7, 11) is 0. The Morgan fingerprint density at radius 3 is 2.40 bits per heavy atom. The van der Waals surface area contributed by atoms with Gasteiger partial charge >= 0.3 is 0 Å². The van der Waals surface area contributed by atoms with Crippen LogP contribution in [0.3, 0.4) is 0 Å². The number of aromatic hydroxyl groups is 2. The van der Waals surface area contributed by atoms with Crippen LogP contribution in [-0.4, -0.2) is 38.6 Å². The van der Waals surface area contributed by atoms with Crippen LogP contribution in [0.15, 0.2) is 48.5 Å². The molecule has 0 saturated heterocycles. The fraction of sp³-hybridized carbons (Fsp3) is 0.346. The fourth-order valence-electron chi connectivity index (χ4n) is 4.00. The number of rotatable bonds is 12. The van der Waals surface area contributed by atoms with E-state index in [9.17, 15) is 19.4 Å². The number of Topliss-reactive ketones (excluding diaryl/α,β-unsaturated/α-hetero) is 1. The number of ketones is 1. The van der Waals surface area contributed by atoms with Crippen molar-refractivity contribution in [3.8, 4) is 17.5 Å². The number of hydrogen-bond donors (Lipinski definition) is 2. The minimum atomic E-state index is -0.514. The average Bonchev–Trinajstić information content (AvgIpc) is 3.12. The van der Waals surface area contributed by atoms with Crippen molar-refractivity contribution in [1.29, 1.82) is 0 Å². The minimum Gasteiger partial charge on any atom is -0.494 e. The lowest BCUT2D eigenvalue weighted by atomic mass is 9.98. The quantitative estimate of drug-likeness (QED) is 0.289. The minimum absolute atomic E-state index is 0.00741. The van der Waals surface area contributed by atoms with E-state index >= 15 is 0 Å². The molecule has 0 aliphatic heterocycles. The van der Waals surface area contributed by atoms with Crippen LogP contribution in [0.2, 0.25) is 10.0 Å². The molecule has 2 aromatic carbocycles. The van der Waals surface area contributed by atoms with Crippen LogP contribution in [0.25, 0.3) is 0 Å². The molecule has 0 bridgehead atoms. The lowest BCUT2D eigenvalue weighted by Gasteiger charge is -2.32. The number of halogens is 3. The molecule has 0 amide bonds. The third-order valence-corrected chi connectivity index (χ3v) is 6.25. The molecule has 0 aliphatic carbocycles. The van der Waals surface area contributed by atoms with E-state index < -0.39 is 5.82 Å². The summed E-state index contributed by atoms with van der Waals surface area (Å²) in [6, 6.07) is 12.6. The summed E-state index contributed by atoms with van der Waals surface area (Å²) in [6.45, 7) is 5.21. The predicted octanol–water partition coefficient (Wildman–Crippen LogP) is 6.36. The van der Waals surface area contributed by atoms with Crippen LogP contribution >= 0.6 is 23.2 Å². The zero-order chi connectivity index (χ0) is 25.5. The Morgan fingerprint density at radius 1 is 1.09 bits per heavy atom. The van der Waals surface area contributed by atoms with Crippen molar-refractivity contribution in [3.05, 3.63) is 75.5 Å². The Bertz CT molecular complexity index is 1150. The molecule has 0 radical (unpaired) electrons. The summed E-state index contributed by atoms with van der Waals surface area (Å²) < 4.78 is 21.2. The van der Waals surface area contributed by atoms with Crippen molar-refractivity contribution in [2.24, 2.45) is 0 Å². The zero-order valence-corrected chi connectivity index (χ0v) is 21.2. The maximum Gasteiger partial charge on any atom is 0.193 e. The van der Waals surface area contributed by atoms with Crippen LogP contribution in [-0.2, 0) is 17.9 Å². The first-order chi connectivity index (χ1) is 16.7. The Kier molecular flexibility index (Phi) is 9.43. The SMILES string of the molecule is CCCN(Cc1ccc(OCCn2c(O)ccc2O)c(Cl)c1)C(CC(C)=O)c1ccc(Cl)c(F)c1. The molecule has 3 rings (SSSR count). The molecule has 3 aromatic rings. The molecule has 0 saturated carbocycles. The largest absolute Gasteiger partial charge is 0.494 e. The lowest BCUT2D eigenvalue weighted by molar-refractivity contribution is -0.118. The van der Waals surface area contributed by atoms with Crippen molar-refractivity contribution in [2.75, 3.05) is 13.2 Å². The van der Waals surface area contributed by atoms with Gasteiger partial charge in [-0.25, -0.2) is 4.39 Å². The van der Waals surface area contributed by atoms with Gasteiger partial charge in [-0.15, -0.1) is 0 Å². The Hall–Kier alpha value is -2.74. The second-order valence-electron chi connectivity index (χ2n) is 8.38. The molecule has 0 aliphatic rings. The van der Waals surface area contributed by atoms with Gasteiger partial charge in [0.1, 0.15) is 24.0 Å². The van der Waals surface area contributed by atoms with Crippen LogP contribution in [0, 0.1) is 5.82 Å². The van der Waals surface area contributed by atoms with Gasteiger partial charge < -0.3 is 14.9 Å². The zero-order valence-electron chi connectivity index (χ0n) is 19.7. The smallest absolute Gasteiger partial charge is 0.193 e. The van der Waals surface area contributed by atoms with Crippen molar-refractivity contribution in [3.63, 3.8) is 0 Å². The normalized spacial score (nSPS) is 12.2. The number of benzene rings is 2. The number of ether oxygens (including phenoxy) is 1. The van der Waals surface area contributed by atoms with E-state index in [0.717, 1.165) is 12.0 Å². The van der Waals surface area contributed by atoms with Crippen molar-refractivity contribution in [2.45, 2.75) is 45.8 Å². The molecule has 0 fully saturated rings. The molecular weight excluding hydrogens is 494 g/mol. The van der Waals surface area contributed by atoms with Crippen LogP contribution in [0.4, 0.5) is 4.39 Å². The molecule has 1 atom stereocenters. The monoisotopic (exact) mass is 522 g/mol. The molecule has 9 heteroatoms. The average molecular weight is 523 g/mol. The molecule has 35 heavy (non-hydrogen) atoms. The van der Waals surface area contributed by atoms with E-state index in [2.05, 4.69) is 4.90 Å². The molecule has 1 unspecified atom stereocenters. The molecular formula is C26H29Cl2FN2O4. The van der Waals surface area contributed by atoms with E-state index in [-0.39, 0.29) is 48.2 Å². The Balaban J connectivity index is 1.74. The molecule has 1 heterocycles. The lowest BCUT2D eigenvalue weighted by Crippen LogP contribution is -2.30. The predicted molar refractivity (Wildman–Crippen MR) is 135 cm³/mol. The van der Waals surface area contributed by atoms with Gasteiger partial charge in [-0.3, -0.25) is 14.3 Å². The summed E-state index contributed by atoms with van der Waals surface area (Å²) in [5, 5.41) is 19.9. The summed E-state index contributed by atoms with van der Waals surface area (Å²) >= 11 is 12.3. The molecule has 0 spiro atoms. The summed E-state index contributed by atoms with van der Waals surface area (Å²) in [6.07, 6.45) is 1.09. The van der Waals surface area contributed by atoms with Crippen LogP contribution < -0.4 is 4.74 Å². The van der Waals surface area contributed by atoms with Crippen molar-refractivity contribution in [1.82, 2.24) is 9.47 Å². The van der Waals surface area contributed by atoms with Gasteiger partial charge in [-0.1, -0.05) is 42.3 Å². The molecule has 1 aromatic heterocycles.